The predicted molar refractivity (Wildman–Crippen MR) is 68.0 cm³/mol. The van der Waals surface area contributed by atoms with E-state index in [0.29, 0.717) is 12.8 Å². The summed E-state index contributed by atoms with van der Waals surface area (Å²) in [4.78, 5) is 10.4. The summed E-state index contributed by atoms with van der Waals surface area (Å²) in [5.74, 6) is -0.149. The molecule has 1 nitrogen and oxygen atoms in total. The summed E-state index contributed by atoms with van der Waals surface area (Å²) in [6.45, 7) is 0. The van der Waals surface area contributed by atoms with Crippen LogP contribution in [0.1, 0.15) is 12.8 Å². The Balaban J connectivity index is 2.25. The zero-order valence-corrected chi connectivity index (χ0v) is 10.2. The van der Waals surface area contributed by atoms with Gasteiger partial charge in [-0.2, -0.15) is 0 Å². The molecule has 0 aromatic heterocycles. The summed E-state index contributed by atoms with van der Waals surface area (Å²) < 4.78 is 0. The number of allylic oxidation sites excluding steroid dienone is 8. The maximum absolute atomic E-state index is 12.4. The Morgan fingerprint density at radius 3 is 1.62 bits per heavy atom. The second-order valence-electron chi connectivity index (χ2n) is 4.04. The third kappa shape index (κ3) is 2.02. The first kappa shape index (κ1) is 11.7. The number of alkyl halides is 2. The molecule has 3 heteroatoms. The molecular formula is C13H12Cl2O. The van der Waals surface area contributed by atoms with Crippen molar-refractivity contribution in [3.63, 3.8) is 0 Å². The van der Waals surface area contributed by atoms with E-state index >= 15 is 0 Å². The summed E-state index contributed by atoms with van der Waals surface area (Å²) in [6, 6.07) is 0. The number of carbonyl (C=O) groups is 1. The molecule has 0 aliphatic heterocycles. The normalized spacial score (nSPS) is 36.6. The molecule has 0 fully saturated rings. The Bertz CT molecular complexity index is 382. The van der Waals surface area contributed by atoms with Gasteiger partial charge in [-0.15, -0.1) is 23.2 Å². The van der Waals surface area contributed by atoms with Crippen molar-refractivity contribution in [1.29, 1.82) is 0 Å². The average molecular weight is 255 g/mol. The number of carbonyl (C=O) groups excluding carboxylic acids is 1. The van der Waals surface area contributed by atoms with Gasteiger partial charge in [-0.1, -0.05) is 48.6 Å². The van der Waals surface area contributed by atoms with Gasteiger partial charge in [0.1, 0.15) is 9.75 Å². The van der Waals surface area contributed by atoms with Gasteiger partial charge in [0.15, 0.2) is 5.78 Å². The molecule has 84 valence electrons. The fourth-order valence-electron chi connectivity index (χ4n) is 1.87. The molecule has 2 aliphatic carbocycles. The third-order valence-electron chi connectivity index (χ3n) is 2.80. The quantitative estimate of drug-likeness (QED) is 0.690. The molecule has 0 heterocycles. The summed E-state index contributed by atoms with van der Waals surface area (Å²) in [5, 5.41) is 0. The highest BCUT2D eigenvalue weighted by molar-refractivity contribution is 6.47. The highest BCUT2D eigenvalue weighted by Crippen LogP contribution is 2.37. The predicted octanol–water partition coefficient (Wildman–Crippen LogP) is 3.54. The van der Waals surface area contributed by atoms with Gasteiger partial charge >= 0.3 is 0 Å². The lowest BCUT2D eigenvalue weighted by molar-refractivity contribution is -0.121. The van der Waals surface area contributed by atoms with Crippen molar-refractivity contribution in [2.75, 3.05) is 0 Å². The van der Waals surface area contributed by atoms with E-state index in [2.05, 4.69) is 0 Å². The summed E-state index contributed by atoms with van der Waals surface area (Å²) in [7, 11) is 0. The number of rotatable bonds is 2. The van der Waals surface area contributed by atoms with Crippen LogP contribution in [0.2, 0.25) is 0 Å². The summed E-state index contributed by atoms with van der Waals surface area (Å²) in [5.41, 5.74) is 0. The Labute approximate surface area is 105 Å². The van der Waals surface area contributed by atoms with E-state index in [-0.39, 0.29) is 5.78 Å². The zero-order valence-electron chi connectivity index (χ0n) is 8.70. The molecule has 0 spiro atoms. The molecule has 0 saturated heterocycles. The van der Waals surface area contributed by atoms with Crippen molar-refractivity contribution in [3.8, 4) is 0 Å². The molecule has 0 saturated carbocycles. The van der Waals surface area contributed by atoms with Gasteiger partial charge in [0.05, 0.1) is 0 Å². The van der Waals surface area contributed by atoms with Crippen molar-refractivity contribution in [2.45, 2.75) is 22.6 Å². The highest BCUT2D eigenvalue weighted by atomic mass is 35.5. The first-order valence-electron chi connectivity index (χ1n) is 5.18. The topological polar surface area (TPSA) is 17.1 Å². The Morgan fingerprint density at radius 1 is 0.875 bits per heavy atom. The summed E-state index contributed by atoms with van der Waals surface area (Å²) >= 11 is 12.6. The molecule has 0 bridgehead atoms. The molecule has 0 aromatic rings. The molecular weight excluding hydrogens is 243 g/mol. The molecule has 2 rings (SSSR count). The number of Topliss-reactive ketones (excluding diaryl/α,β-unsaturated/α-hetero) is 1. The lowest BCUT2D eigenvalue weighted by atomic mass is 9.83. The van der Waals surface area contributed by atoms with Crippen LogP contribution in [0.5, 0.6) is 0 Å². The van der Waals surface area contributed by atoms with Gasteiger partial charge in [-0.25, -0.2) is 0 Å². The molecule has 0 amide bonds. The van der Waals surface area contributed by atoms with Crippen LogP contribution < -0.4 is 0 Å². The van der Waals surface area contributed by atoms with E-state index in [1.54, 1.807) is 24.3 Å². The van der Waals surface area contributed by atoms with Crippen LogP contribution in [0.25, 0.3) is 0 Å². The Kier molecular flexibility index (Phi) is 3.09. The van der Waals surface area contributed by atoms with E-state index in [0.717, 1.165) is 0 Å². The monoisotopic (exact) mass is 254 g/mol. The molecule has 2 atom stereocenters. The van der Waals surface area contributed by atoms with Crippen LogP contribution in [0.3, 0.4) is 0 Å². The van der Waals surface area contributed by atoms with E-state index in [1.807, 2.05) is 24.3 Å². The fourth-order valence-corrected chi connectivity index (χ4v) is 2.58. The second-order valence-corrected chi connectivity index (χ2v) is 5.39. The fraction of sp³-hybridized carbons (Fsp3) is 0.308. The number of ketones is 1. The van der Waals surface area contributed by atoms with Crippen molar-refractivity contribution in [3.05, 3.63) is 48.6 Å². The van der Waals surface area contributed by atoms with Gasteiger partial charge in [-0.3, -0.25) is 4.79 Å². The molecule has 2 unspecified atom stereocenters. The number of halogens is 2. The number of hydrogen-bond donors (Lipinski definition) is 0. The molecule has 0 radical (unpaired) electrons. The number of hydrogen-bond acceptors (Lipinski definition) is 1. The Hall–Kier alpha value is -0.790. The first-order chi connectivity index (χ1) is 7.57. The Morgan fingerprint density at radius 2 is 1.31 bits per heavy atom. The first-order valence-corrected chi connectivity index (χ1v) is 5.94. The van der Waals surface area contributed by atoms with Crippen LogP contribution >= 0.6 is 23.2 Å². The lowest BCUT2D eigenvalue weighted by Crippen LogP contribution is -2.44. The maximum Gasteiger partial charge on any atom is 0.182 e. The van der Waals surface area contributed by atoms with E-state index in [9.17, 15) is 4.79 Å². The van der Waals surface area contributed by atoms with Crippen LogP contribution in [0.4, 0.5) is 0 Å². The SMILES string of the molecule is O=C(C1(Cl)C=CC=CC1)C1(Cl)C=CC=CC1. The minimum Gasteiger partial charge on any atom is -0.295 e. The molecule has 0 aromatic carbocycles. The van der Waals surface area contributed by atoms with Crippen molar-refractivity contribution in [1.82, 2.24) is 0 Å². The largest absolute Gasteiger partial charge is 0.295 e. The highest BCUT2D eigenvalue weighted by Gasteiger charge is 2.45. The van der Waals surface area contributed by atoms with Crippen LogP contribution in [0.15, 0.2) is 48.6 Å². The standard InChI is InChI=1S/C13H12Cl2O/c14-12(7-3-1-4-8-12)11(16)13(15)9-5-2-6-10-13/h1-7,9H,8,10H2. The van der Waals surface area contributed by atoms with Gasteiger partial charge in [0.25, 0.3) is 0 Å². The molecule has 0 N–H and O–H groups in total. The van der Waals surface area contributed by atoms with Gasteiger partial charge in [0, 0.05) is 0 Å². The average Bonchev–Trinajstić information content (AvgIpc) is 2.30. The van der Waals surface area contributed by atoms with Gasteiger partial charge in [-0.05, 0) is 12.8 Å². The van der Waals surface area contributed by atoms with E-state index < -0.39 is 9.75 Å². The van der Waals surface area contributed by atoms with Crippen molar-refractivity contribution >= 4 is 29.0 Å². The van der Waals surface area contributed by atoms with E-state index in [1.165, 1.54) is 0 Å². The summed E-state index contributed by atoms with van der Waals surface area (Å²) in [6.07, 6.45) is 15.5. The van der Waals surface area contributed by atoms with Gasteiger partial charge < -0.3 is 0 Å². The third-order valence-corrected chi connectivity index (χ3v) is 3.70. The molecule has 2 aliphatic rings. The van der Waals surface area contributed by atoms with Crippen molar-refractivity contribution < 1.29 is 4.79 Å². The zero-order chi connectivity index (χ0) is 11.6. The van der Waals surface area contributed by atoms with Crippen molar-refractivity contribution in [2.24, 2.45) is 0 Å². The van der Waals surface area contributed by atoms with Crippen LogP contribution in [-0.4, -0.2) is 15.5 Å². The van der Waals surface area contributed by atoms with E-state index in [4.69, 9.17) is 23.2 Å². The van der Waals surface area contributed by atoms with Gasteiger partial charge in [0.2, 0.25) is 0 Å². The maximum atomic E-state index is 12.4. The van der Waals surface area contributed by atoms with Crippen LogP contribution in [0, 0.1) is 0 Å². The van der Waals surface area contributed by atoms with Crippen LogP contribution in [-0.2, 0) is 4.79 Å². The minimum absolute atomic E-state index is 0.149. The molecule has 16 heavy (non-hydrogen) atoms. The minimum atomic E-state index is -0.994. The second kappa shape index (κ2) is 4.23. The lowest BCUT2D eigenvalue weighted by Gasteiger charge is -2.31. The smallest absolute Gasteiger partial charge is 0.182 e.